The summed E-state index contributed by atoms with van der Waals surface area (Å²) < 4.78 is 5.17. The molecule has 0 fully saturated rings. The van der Waals surface area contributed by atoms with Crippen LogP contribution < -0.4 is 5.32 Å². The molecule has 0 radical (unpaired) electrons. The molecule has 1 heterocycles. The highest BCUT2D eigenvalue weighted by Crippen LogP contribution is 2.18. The van der Waals surface area contributed by atoms with Crippen LogP contribution in [0.1, 0.15) is 22.9 Å². The number of aliphatic carboxylic acids is 1. The fourth-order valence-corrected chi connectivity index (χ4v) is 1.86. The van der Waals surface area contributed by atoms with Crippen LogP contribution in [0.25, 0.3) is 0 Å². The van der Waals surface area contributed by atoms with Crippen LogP contribution >= 0.6 is 0 Å². The number of furan rings is 1. The lowest BCUT2D eigenvalue weighted by Crippen LogP contribution is -2.28. The zero-order valence-electron chi connectivity index (χ0n) is 10.1. The van der Waals surface area contributed by atoms with Gasteiger partial charge in [-0.3, -0.25) is 10.1 Å². The molecule has 1 aromatic heterocycles. The average molecular weight is 245 g/mol. The van der Waals surface area contributed by atoms with E-state index in [-0.39, 0.29) is 0 Å². The van der Waals surface area contributed by atoms with Gasteiger partial charge in [0.05, 0.1) is 12.8 Å². The minimum absolute atomic E-state index is 0.387. The summed E-state index contributed by atoms with van der Waals surface area (Å²) in [5.74, 6) is -0.175. The molecule has 1 atom stereocenters. The Bertz CT molecular complexity index is 520. The van der Waals surface area contributed by atoms with Gasteiger partial charge in [-0.2, -0.15) is 0 Å². The summed E-state index contributed by atoms with van der Waals surface area (Å²) in [6.45, 7) is 2.29. The quantitative estimate of drug-likeness (QED) is 0.849. The van der Waals surface area contributed by atoms with E-state index < -0.39 is 12.0 Å². The summed E-state index contributed by atoms with van der Waals surface area (Å²) >= 11 is 0. The molecular formula is C14H15NO3. The fraction of sp³-hybridized carbons (Fsp3) is 0.214. The standard InChI is InChI=1S/C14H15NO3/c1-10-5-2-3-7-12(10)13(14(16)17)15-9-11-6-4-8-18-11/h2-8,13,15H,9H2,1H3,(H,16,17). The Balaban J connectivity index is 2.14. The van der Waals surface area contributed by atoms with Crippen molar-refractivity contribution in [2.45, 2.75) is 19.5 Å². The zero-order chi connectivity index (χ0) is 13.0. The van der Waals surface area contributed by atoms with Crippen molar-refractivity contribution in [3.8, 4) is 0 Å². The number of carboxylic acids is 1. The molecule has 0 amide bonds. The number of aryl methyl sites for hydroxylation is 1. The molecule has 4 heteroatoms. The van der Waals surface area contributed by atoms with Crippen molar-refractivity contribution >= 4 is 5.97 Å². The summed E-state index contributed by atoms with van der Waals surface area (Å²) in [7, 11) is 0. The van der Waals surface area contributed by atoms with Gasteiger partial charge in [0.1, 0.15) is 11.8 Å². The Labute approximate surface area is 105 Å². The van der Waals surface area contributed by atoms with Gasteiger partial charge in [-0.05, 0) is 30.2 Å². The van der Waals surface area contributed by atoms with E-state index >= 15 is 0 Å². The van der Waals surface area contributed by atoms with Crippen molar-refractivity contribution in [3.05, 3.63) is 59.5 Å². The lowest BCUT2D eigenvalue weighted by Gasteiger charge is -2.16. The van der Waals surface area contributed by atoms with Gasteiger partial charge in [-0.15, -0.1) is 0 Å². The van der Waals surface area contributed by atoms with Crippen LogP contribution in [0.5, 0.6) is 0 Å². The highest BCUT2D eigenvalue weighted by molar-refractivity contribution is 5.76. The van der Waals surface area contributed by atoms with E-state index in [9.17, 15) is 9.90 Å². The summed E-state index contributed by atoms with van der Waals surface area (Å²) in [6.07, 6.45) is 1.57. The van der Waals surface area contributed by atoms with Crippen molar-refractivity contribution in [2.75, 3.05) is 0 Å². The van der Waals surface area contributed by atoms with E-state index in [0.717, 1.165) is 16.9 Å². The molecule has 0 bridgehead atoms. The number of carbonyl (C=O) groups is 1. The summed E-state index contributed by atoms with van der Waals surface area (Å²) in [5.41, 5.74) is 1.73. The van der Waals surface area contributed by atoms with Crippen LogP contribution in [0.3, 0.4) is 0 Å². The van der Waals surface area contributed by atoms with Gasteiger partial charge in [0.2, 0.25) is 0 Å². The Morgan fingerprint density at radius 3 is 2.72 bits per heavy atom. The van der Waals surface area contributed by atoms with Crippen molar-refractivity contribution < 1.29 is 14.3 Å². The molecule has 0 spiro atoms. The van der Waals surface area contributed by atoms with Crippen LogP contribution in [-0.2, 0) is 11.3 Å². The second-order valence-electron chi connectivity index (χ2n) is 4.09. The van der Waals surface area contributed by atoms with E-state index in [1.54, 1.807) is 12.3 Å². The molecule has 0 saturated carbocycles. The predicted molar refractivity (Wildman–Crippen MR) is 67.1 cm³/mol. The molecule has 18 heavy (non-hydrogen) atoms. The SMILES string of the molecule is Cc1ccccc1C(NCc1ccco1)C(=O)O. The Morgan fingerprint density at radius 1 is 1.33 bits per heavy atom. The first-order valence-electron chi connectivity index (χ1n) is 5.72. The van der Waals surface area contributed by atoms with Crippen LogP contribution in [0.4, 0.5) is 0 Å². The minimum atomic E-state index is -0.893. The number of hydrogen-bond donors (Lipinski definition) is 2. The average Bonchev–Trinajstić information content (AvgIpc) is 2.84. The third-order valence-corrected chi connectivity index (χ3v) is 2.81. The Kier molecular flexibility index (Phi) is 3.79. The highest BCUT2D eigenvalue weighted by Gasteiger charge is 2.20. The van der Waals surface area contributed by atoms with Crippen molar-refractivity contribution in [3.63, 3.8) is 0 Å². The molecule has 1 aromatic carbocycles. The van der Waals surface area contributed by atoms with Gasteiger partial charge in [-0.1, -0.05) is 24.3 Å². The number of carboxylic acid groups (broad SMARTS) is 1. The number of benzene rings is 1. The Hall–Kier alpha value is -2.07. The van der Waals surface area contributed by atoms with Crippen molar-refractivity contribution in [2.24, 2.45) is 0 Å². The van der Waals surface area contributed by atoms with Gasteiger partial charge in [0.25, 0.3) is 0 Å². The largest absolute Gasteiger partial charge is 0.480 e. The maximum atomic E-state index is 11.3. The molecule has 2 rings (SSSR count). The molecule has 4 nitrogen and oxygen atoms in total. The first-order chi connectivity index (χ1) is 8.68. The molecule has 94 valence electrons. The third kappa shape index (κ3) is 2.78. The molecular weight excluding hydrogens is 230 g/mol. The second-order valence-corrected chi connectivity index (χ2v) is 4.09. The Morgan fingerprint density at radius 2 is 2.11 bits per heavy atom. The van der Waals surface area contributed by atoms with Crippen molar-refractivity contribution in [1.82, 2.24) is 5.32 Å². The zero-order valence-corrected chi connectivity index (χ0v) is 10.1. The highest BCUT2D eigenvalue weighted by atomic mass is 16.4. The van der Waals surface area contributed by atoms with Gasteiger partial charge >= 0.3 is 5.97 Å². The molecule has 2 N–H and O–H groups in total. The summed E-state index contributed by atoms with van der Waals surface area (Å²) in [5, 5.41) is 12.3. The fourth-order valence-electron chi connectivity index (χ4n) is 1.86. The lowest BCUT2D eigenvalue weighted by molar-refractivity contribution is -0.139. The summed E-state index contributed by atoms with van der Waals surface area (Å²) in [6, 6.07) is 10.3. The maximum absolute atomic E-state index is 11.3. The molecule has 0 aliphatic rings. The maximum Gasteiger partial charge on any atom is 0.325 e. The van der Waals surface area contributed by atoms with Gasteiger partial charge in [0.15, 0.2) is 0 Å². The normalized spacial score (nSPS) is 12.3. The monoisotopic (exact) mass is 245 g/mol. The third-order valence-electron chi connectivity index (χ3n) is 2.81. The van der Waals surface area contributed by atoms with Gasteiger partial charge < -0.3 is 9.52 Å². The van der Waals surface area contributed by atoms with Crippen LogP contribution in [-0.4, -0.2) is 11.1 Å². The van der Waals surface area contributed by atoms with Crippen LogP contribution in [0.2, 0.25) is 0 Å². The molecule has 0 aliphatic heterocycles. The molecule has 0 saturated heterocycles. The van der Waals surface area contributed by atoms with Gasteiger partial charge in [-0.25, -0.2) is 0 Å². The first kappa shape index (κ1) is 12.4. The van der Waals surface area contributed by atoms with E-state index in [1.807, 2.05) is 37.3 Å². The van der Waals surface area contributed by atoms with Crippen molar-refractivity contribution in [1.29, 1.82) is 0 Å². The number of rotatable bonds is 5. The minimum Gasteiger partial charge on any atom is -0.480 e. The lowest BCUT2D eigenvalue weighted by atomic mass is 10.0. The molecule has 1 unspecified atom stereocenters. The van der Waals surface area contributed by atoms with E-state index in [2.05, 4.69) is 5.32 Å². The summed E-state index contributed by atoms with van der Waals surface area (Å²) in [4.78, 5) is 11.3. The van der Waals surface area contributed by atoms with Crippen LogP contribution in [0.15, 0.2) is 47.1 Å². The molecule has 0 aliphatic carbocycles. The van der Waals surface area contributed by atoms with Crippen LogP contribution in [0, 0.1) is 6.92 Å². The topological polar surface area (TPSA) is 62.5 Å². The molecule has 2 aromatic rings. The predicted octanol–water partition coefficient (Wildman–Crippen LogP) is 2.50. The first-order valence-corrected chi connectivity index (χ1v) is 5.72. The number of hydrogen-bond acceptors (Lipinski definition) is 3. The smallest absolute Gasteiger partial charge is 0.325 e. The van der Waals surface area contributed by atoms with E-state index in [4.69, 9.17) is 4.42 Å². The second kappa shape index (κ2) is 5.51. The van der Waals surface area contributed by atoms with E-state index in [1.165, 1.54) is 0 Å². The van der Waals surface area contributed by atoms with Gasteiger partial charge in [0, 0.05) is 0 Å². The number of nitrogens with one attached hydrogen (secondary N) is 1. The van der Waals surface area contributed by atoms with E-state index in [0.29, 0.717) is 6.54 Å².